The van der Waals surface area contributed by atoms with Gasteiger partial charge in [-0.05, 0) is 24.3 Å². The van der Waals surface area contributed by atoms with Crippen LogP contribution in [0.2, 0.25) is 0 Å². The van der Waals surface area contributed by atoms with E-state index >= 15 is 0 Å². The van der Waals surface area contributed by atoms with Crippen LogP contribution in [0.15, 0.2) is 53.5 Å². The number of para-hydroxylation sites is 1. The van der Waals surface area contributed by atoms with Gasteiger partial charge in [0.2, 0.25) is 0 Å². The van der Waals surface area contributed by atoms with E-state index in [4.69, 9.17) is 9.47 Å². The number of aliphatic imine (C=N–C) groups is 1. The van der Waals surface area contributed by atoms with Crippen molar-refractivity contribution in [2.24, 2.45) is 4.99 Å². The smallest absolute Gasteiger partial charge is 0.194 e. The molecule has 144 valence electrons. The average molecular weight is 368 g/mol. The fourth-order valence-electron chi connectivity index (χ4n) is 3.32. The lowest BCUT2D eigenvalue weighted by Gasteiger charge is -2.37. The Labute approximate surface area is 161 Å². The van der Waals surface area contributed by atoms with Crippen LogP contribution < -0.4 is 19.7 Å². The summed E-state index contributed by atoms with van der Waals surface area (Å²) < 4.78 is 10.7. The molecule has 0 radical (unpaired) electrons. The van der Waals surface area contributed by atoms with Gasteiger partial charge in [0, 0.05) is 57.1 Å². The number of anilines is 1. The van der Waals surface area contributed by atoms with E-state index in [1.165, 1.54) is 5.69 Å². The molecule has 2 aromatic rings. The van der Waals surface area contributed by atoms with E-state index in [2.05, 4.69) is 50.4 Å². The van der Waals surface area contributed by atoms with Gasteiger partial charge in [0.05, 0.1) is 14.2 Å². The number of hydrogen-bond donors (Lipinski definition) is 1. The maximum Gasteiger partial charge on any atom is 0.194 e. The fraction of sp³-hybridized carbons (Fsp3) is 0.381. The van der Waals surface area contributed by atoms with Crippen molar-refractivity contribution in [3.05, 3.63) is 54.1 Å². The number of ether oxygens (including phenoxy) is 2. The van der Waals surface area contributed by atoms with Crippen molar-refractivity contribution in [3.8, 4) is 11.5 Å². The molecule has 6 nitrogen and oxygen atoms in total. The number of methoxy groups -OCH3 is 2. The zero-order valence-electron chi connectivity index (χ0n) is 16.3. The zero-order chi connectivity index (χ0) is 19.1. The molecule has 3 rings (SSSR count). The Morgan fingerprint density at radius 2 is 1.74 bits per heavy atom. The summed E-state index contributed by atoms with van der Waals surface area (Å²) in [5.41, 5.74) is 2.35. The van der Waals surface area contributed by atoms with E-state index in [1.54, 1.807) is 14.2 Å². The van der Waals surface area contributed by atoms with E-state index in [1.807, 2.05) is 25.2 Å². The summed E-state index contributed by atoms with van der Waals surface area (Å²) >= 11 is 0. The summed E-state index contributed by atoms with van der Waals surface area (Å²) in [6, 6.07) is 16.4. The molecular weight excluding hydrogens is 340 g/mol. The van der Waals surface area contributed by atoms with Crippen LogP contribution in [0, 0.1) is 0 Å². The first kappa shape index (κ1) is 18.9. The Morgan fingerprint density at radius 1 is 1.00 bits per heavy atom. The lowest BCUT2D eigenvalue weighted by atomic mass is 10.2. The SMILES string of the molecule is CN=C(NCc1ccc(OC)cc1OC)N1CCN(c2ccccc2)CC1. The van der Waals surface area contributed by atoms with Gasteiger partial charge in [0.25, 0.3) is 0 Å². The van der Waals surface area contributed by atoms with Gasteiger partial charge in [0.15, 0.2) is 5.96 Å². The lowest BCUT2D eigenvalue weighted by molar-refractivity contribution is 0.370. The molecule has 1 heterocycles. The van der Waals surface area contributed by atoms with Gasteiger partial charge >= 0.3 is 0 Å². The molecule has 1 N–H and O–H groups in total. The molecule has 1 fully saturated rings. The van der Waals surface area contributed by atoms with Crippen LogP contribution in [0.1, 0.15) is 5.56 Å². The van der Waals surface area contributed by atoms with Crippen LogP contribution in [0.25, 0.3) is 0 Å². The van der Waals surface area contributed by atoms with Crippen LogP contribution in [0.5, 0.6) is 11.5 Å². The molecule has 0 atom stereocenters. The Balaban J connectivity index is 1.57. The molecule has 0 aliphatic carbocycles. The molecule has 2 aromatic carbocycles. The Kier molecular flexibility index (Phi) is 6.41. The second kappa shape index (κ2) is 9.16. The third kappa shape index (κ3) is 4.64. The molecule has 0 saturated carbocycles. The molecule has 1 aliphatic rings. The largest absolute Gasteiger partial charge is 0.497 e. The molecule has 0 spiro atoms. The van der Waals surface area contributed by atoms with Gasteiger partial charge in [-0.3, -0.25) is 4.99 Å². The number of benzene rings is 2. The van der Waals surface area contributed by atoms with Crippen LogP contribution >= 0.6 is 0 Å². The van der Waals surface area contributed by atoms with Crippen molar-refractivity contribution in [2.75, 3.05) is 52.3 Å². The zero-order valence-corrected chi connectivity index (χ0v) is 16.3. The molecule has 27 heavy (non-hydrogen) atoms. The number of rotatable bonds is 5. The molecule has 0 unspecified atom stereocenters. The number of guanidine groups is 1. The monoisotopic (exact) mass is 368 g/mol. The van der Waals surface area contributed by atoms with Crippen molar-refractivity contribution in [1.29, 1.82) is 0 Å². The predicted octanol–water partition coefficient (Wildman–Crippen LogP) is 2.60. The Morgan fingerprint density at radius 3 is 2.37 bits per heavy atom. The molecule has 0 aromatic heterocycles. The Bertz CT molecular complexity index is 756. The number of piperazine rings is 1. The minimum Gasteiger partial charge on any atom is -0.497 e. The fourth-order valence-corrected chi connectivity index (χ4v) is 3.32. The van der Waals surface area contributed by atoms with Crippen LogP contribution in [-0.4, -0.2) is 58.3 Å². The highest BCUT2D eigenvalue weighted by Gasteiger charge is 2.20. The van der Waals surface area contributed by atoms with E-state index in [0.717, 1.165) is 49.2 Å². The number of hydrogen-bond acceptors (Lipinski definition) is 4. The predicted molar refractivity (Wildman–Crippen MR) is 110 cm³/mol. The standard InChI is InChI=1S/C21H28N4O2/c1-22-21(23-16-17-9-10-19(26-2)15-20(17)27-3)25-13-11-24(12-14-25)18-7-5-4-6-8-18/h4-10,15H,11-14,16H2,1-3H3,(H,22,23). The highest BCUT2D eigenvalue weighted by atomic mass is 16.5. The van der Waals surface area contributed by atoms with Crippen molar-refractivity contribution in [1.82, 2.24) is 10.2 Å². The normalized spacial score (nSPS) is 14.9. The van der Waals surface area contributed by atoms with E-state index in [-0.39, 0.29) is 0 Å². The van der Waals surface area contributed by atoms with E-state index in [9.17, 15) is 0 Å². The van der Waals surface area contributed by atoms with Crippen molar-refractivity contribution in [3.63, 3.8) is 0 Å². The van der Waals surface area contributed by atoms with Crippen LogP contribution in [-0.2, 0) is 6.54 Å². The van der Waals surface area contributed by atoms with Gasteiger partial charge in [0.1, 0.15) is 11.5 Å². The summed E-state index contributed by atoms with van der Waals surface area (Å²) in [7, 11) is 5.16. The summed E-state index contributed by atoms with van der Waals surface area (Å²) in [4.78, 5) is 9.18. The van der Waals surface area contributed by atoms with Crippen LogP contribution in [0.3, 0.4) is 0 Å². The first-order valence-corrected chi connectivity index (χ1v) is 9.21. The van der Waals surface area contributed by atoms with Gasteiger partial charge in [-0.1, -0.05) is 18.2 Å². The topological polar surface area (TPSA) is 49.3 Å². The van der Waals surface area contributed by atoms with Gasteiger partial charge < -0.3 is 24.6 Å². The summed E-state index contributed by atoms with van der Waals surface area (Å²) in [5.74, 6) is 2.52. The maximum atomic E-state index is 5.48. The lowest BCUT2D eigenvalue weighted by Crippen LogP contribution is -2.52. The molecule has 6 heteroatoms. The second-order valence-corrected chi connectivity index (χ2v) is 6.39. The first-order chi connectivity index (χ1) is 13.2. The van der Waals surface area contributed by atoms with Gasteiger partial charge in [-0.25, -0.2) is 0 Å². The molecule has 1 saturated heterocycles. The van der Waals surface area contributed by atoms with E-state index < -0.39 is 0 Å². The molecular formula is C21H28N4O2. The summed E-state index contributed by atoms with van der Waals surface area (Å²) in [5, 5.41) is 3.46. The molecule has 0 amide bonds. The quantitative estimate of drug-likeness (QED) is 0.649. The minimum atomic E-state index is 0.652. The van der Waals surface area contributed by atoms with Crippen molar-refractivity contribution < 1.29 is 9.47 Å². The van der Waals surface area contributed by atoms with Crippen molar-refractivity contribution >= 4 is 11.6 Å². The number of nitrogens with one attached hydrogen (secondary N) is 1. The highest BCUT2D eigenvalue weighted by molar-refractivity contribution is 5.80. The van der Waals surface area contributed by atoms with Gasteiger partial charge in [-0.2, -0.15) is 0 Å². The Hall–Kier alpha value is -2.89. The first-order valence-electron chi connectivity index (χ1n) is 9.21. The van der Waals surface area contributed by atoms with E-state index in [0.29, 0.717) is 6.54 Å². The second-order valence-electron chi connectivity index (χ2n) is 6.39. The summed E-state index contributed by atoms with van der Waals surface area (Å²) in [6.07, 6.45) is 0. The maximum absolute atomic E-state index is 5.48. The molecule has 0 bridgehead atoms. The van der Waals surface area contributed by atoms with Crippen LogP contribution in [0.4, 0.5) is 5.69 Å². The number of nitrogens with zero attached hydrogens (tertiary/aromatic N) is 3. The average Bonchev–Trinajstić information content (AvgIpc) is 2.75. The van der Waals surface area contributed by atoms with Gasteiger partial charge in [-0.15, -0.1) is 0 Å². The molecule has 1 aliphatic heterocycles. The minimum absolute atomic E-state index is 0.652. The van der Waals surface area contributed by atoms with Crippen molar-refractivity contribution in [2.45, 2.75) is 6.54 Å². The highest BCUT2D eigenvalue weighted by Crippen LogP contribution is 2.24. The summed E-state index contributed by atoms with van der Waals surface area (Å²) in [6.45, 7) is 4.49. The third-order valence-corrected chi connectivity index (χ3v) is 4.84. The third-order valence-electron chi connectivity index (χ3n) is 4.84.